The van der Waals surface area contributed by atoms with Crippen LogP contribution in [-0.4, -0.2) is 6.61 Å². The summed E-state index contributed by atoms with van der Waals surface area (Å²) in [7, 11) is 0. The van der Waals surface area contributed by atoms with Crippen molar-refractivity contribution in [3.05, 3.63) is 58.1 Å². The van der Waals surface area contributed by atoms with Gasteiger partial charge in [0.2, 0.25) is 0 Å². The number of benzene rings is 2. The molecule has 0 atom stereocenters. The molecular weight excluding hydrogens is 340 g/mol. The first-order valence-corrected chi connectivity index (χ1v) is 6.93. The lowest BCUT2D eigenvalue weighted by Gasteiger charge is -2.12. The molecule has 0 fully saturated rings. The van der Waals surface area contributed by atoms with Crippen molar-refractivity contribution in [2.75, 3.05) is 11.9 Å². The van der Waals surface area contributed by atoms with Crippen LogP contribution in [0.1, 0.15) is 5.56 Å². The van der Waals surface area contributed by atoms with Crippen molar-refractivity contribution in [2.45, 2.75) is 6.54 Å². The highest BCUT2D eigenvalue weighted by atomic mass is 79.9. The fraction of sp³-hybridized carbons (Fsp3) is 0.125. The average molecular weight is 352 g/mol. The molecule has 0 amide bonds. The van der Waals surface area contributed by atoms with Crippen LogP contribution in [0.25, 0.3) is 0 Å². The Morgan fingerprint density at radius 2 is 2.00 bits per heavy atom. The minimum Gasteiger partial charge on any atom is -0.481 e. The van der Waals surface area contributed by atoms with Crippen molar-refractivity contribution in [1.29, 1.82) is 0 Å². The number of hydrogen-bond donors (Lipinski definition) is 1. The van der Waals surface area contributed by atoms with Crippen LogP contribution in [0.3, 0.4) is 0 Å². The number of hydrogen-bond acceptors (Lipinski definition) is 2. The molecule has 5 heteroatoms. The number of nitrogens with one attached hydrogen (secondary N) is 1. The largest absolute Gasteiger partial charge is 0.481 e. The van der Waals surface area contributed by atoms with Crippen LogP contribution in [0.2, 0.25) is 0 Å². The molecule has 2 rings (SSSR count). The third kappa shape index (κ3) is 4.20. The number of terminal acetylenes is 1. The van der Waals surface area contributed by atoms with Crippen LogP contribution < -0.4 is 10.1 Å². The topological polar surface area (TPSA) is 21.3 Å². The average Bonchev–Trinajstić information content (AvgIpc) is 2.47. The summed E-state index contributed by atoms with van der Waals surface area (Å²) in [6.45, 7) is 0.419. The van der Waals surface area contributed by atoms with Gasteiger partial charge in [0, 0.05) is 16.6 Å². The molecular formula is C16H12BrF2NO. The lowest BCUT2D eigenvalue weighted by molar-refractivity contribution is 0.366. The molecule has 0 aliphatic carbocycles. The highest BCUT2D eigenvalue weighted by molar-refractivity contribution is 9.10. The molecule has 0 unspecified atom stereocenters. The smallest absolute Gasteiger partial charge is 0.148 e. The summed E-state index contributed by atoms with van der Waals surface area (Å²) in [5, 5.41) is 2.85. The number of halogens is 3. The van der Waals surface area contributed by atoms with E-state index in [9.17, 15) is 8.78 Å². The molecule has 108 valence electrons. The molecule has 0 aliphatic rings. The highest BCUT2D eigenvalue weighted by Crippen LogP contribution is 2.25. The number of rotatable bonds is 5. The van der Waals surface area contributed by atoms with Gasteiger partial charge in [0.05, 0.1) is 5.69 Å². The predicted molar refractivity (Wildman–Crippen MR) is 82.2 cm³/mol. The molecule has 1 N–H and O–H groups in total. The second-order valence-electron chi connectivity index (χ2n) is 4.22. The van der Waals surface area contributed by atoms with Crippen LogP contribution >= 0.6 is 15.9 Å². The van der Waals surface area contributed by atoms with E-state index in [2.05, 4.69) is 27.2 Å². The SMILES string of the molecule is C#CCOc1ccc(Br)cc1CNc1cc(F)ccc1F. The molecule has 0 aromatic heterocycles. The zero-order valence-corrected chi connectivity index (χ0v) is 12.6. The van der Waals surface area contributed by atoms with Crippen LogP contribution in [0, 0.1) is 24.0 Å². The molecule has 0 aliphatic heterocycles. The fourth-order valence-electron chi connectivity index (χ4n) is 1.77. The van der Waals surface area contributed by atoms with Gasteiger partial charge in [-0.3, -0.25) is 0 Å². The van der Waals surface area contributed by atoms with E-state index in [4.69, 9.17) is 11.2 Å². The van der Waals surface area contributed by atoms with Gasteiger partial charge in [0.1, 0.15) is 24.0 Å². The summed E-state index contributed by atoms with van der Waals surface area (Å²) < 4.78 is 33.0. The molecule has 0 bridgehead atoms. The standard InChI is InChI=1S/C16H12BrF2NO/c1-2-7-21-16-6-3-12(17)8-11(16)10-20-15-9-13(18)4-5-14(15)19/h1,3-6,8-9,20H,7,10H2. The monoisotopic (exact) mass is 351 g/mol. The second kappa shape index (κ2) is 7.09. The summed E-state index contributed by atoms with van der Waals surface area (Å²) in [5.74, 6) is 1.96. The van der Waals surface area contributed by atoms with E-state index < -0.39 is 11.6 Å². The zero-order valence-electron chi connectivity index (χ0n) is 11.0. The second-order valence-corrected chi connectivity index (χ2v) is 5.14. The minimum absolute atomic E-state index is 0.0953. The third-order valence-electron chi connectivity index (χ3n) is 2.73. The van der Waals surface area contributed by atoms with Gasteiger partial charge in [-0.2, -0.15) is 0 Å². The Morgan fingerprint density at radius 1 is 1.19 bits per heavy atom. The van der Waals surface area contributed by atoms with E-state index in [-0.39, 0.29) is 18.8 Å². The van der Waals surface area contributed by atoms with Gasteiger partial charge in [-0.1, -0.05) is 21.9 Å². The van der Waals surface area contributed by atoms with Gasteiger partial charge in [-0.15, -0.1) is 6.42 Å². The predicted octanol–water partition coefficient (Wildman–Crippen LogP) is 4.35. The Labute approximate surface area is 130 Å². The molecule has 2 aromatic rings. The normalized spacial score (nSPS) is 10.0. The molecule has 2 nitrogen and oxygen atoms in total. The van der Waals surface area contributed by atoms with Crippen LogP contribution in [-0.2, 0) is 6.54 Å². The van der Waals surface area contributed by atoms with Crippen LogP contribution in [0.5, 0.6) is 5.75 Å². The molecule has 0 saturated carbocycles. The van der Waals surface area contributed by atoms with Crippen molar-refractivity contribution in [3.63, 3.8) is 0 Å². The number of ether oxygens (including phenoxy) is 1. The first-order chi connectivity index (χ1) is 10.1. The molecule has 2 aromatic carbocycles. The maximum absolute atomic E-state index is 13.6. The van der Waals surface area contributed by atoms with E-state index >= 15 is 0 Å². The van der Waals surface area contributed by atoms with Gasteiger partial charge in [0.25, 0.3) is 0 Å². The van der Waals surface area contributed by atoms with Gasteiger partial charge in [-0.05, 0) is 36.4 Å². The molecule has 0 spiro atoms. The fourth-order valence-corrected chi connectivity index (χ4v) is 2.18. The minimum atomic E-state index is -0.516. The van der Waals surface area contributed by atoms with Crippen molar-refractivity contribution in [1.82, 2.24) is 0 Å². The van der Waals surface area contributed by atoms with Gasteiger partial charge < -0.3 is 10.1 Å². The number of anilines is 1. The quantitative estimate of drug-likeness (QED) is 0.808. The molecule has 0 saturated heterocycles. The Morgan fingerprint density at radius 3 is 2.76 bits per heavy atom. The maximum atomic E-state index is 13.6. The van der Waals surface area contributed by atoms with Gasteiger partial charge >= 0.3 is 0 Å². The lowest BCUT2D eigenvalue weighted by atomic mass is 10.2. The summed E-state index contributed by atoms with van der Waals surface area (Å²) in [5.41, 5.74) is 0.876. The Balaban J connectivity index is 2.17. The first kappa shape index (κ1) is 15.3. The van der Waals surface area contributed by atoms with E-state index in [0.29, 0.717) is 5.75 Å². The summed E-state index contributed by atoms with van der Waals surface area (Å²) in [6, 6.07) is 8.67. The third-order valence-corrected chi connectivity index (χ3v) is 3.22. The first-order valence-electron chi connectivity index (χ1n) is 6.14. The van der Waals surface area contributed by atoms with Gasteiger partial charge in [-0.25, -0.2) is 8.78 Å². The Hall–Kier alpha value is -2.06. The Kier molecular flexibility index (Phi) is 5.18. The van der Waals surface area contributed by atoms with E-state index in [1.54, 1.807) is 6.07 Å². The zero-order chi connectivity index (χ0) is 15.2. The summed E-state index contributed by atoms with van der Waals surface area (Å²) in [4.78, 5) is 0. The molecule has 0 heterocycles. The highest BCUT2D eigenvalue weighted by Gasteiger charge is 2.07. The van der Waals surface area contributed by atoms with Crippen molar-refractivity contribution >= 4 is 21.6 Å². The van der Waals surface area contributed by atoms with E-state index in [0.717, 1.165) is 28.2 Å². The van der Waals surface area contributed by atoms with Crippen molar-refractivity contribution in [3.8, 4) is 18.1 Å². The van der Waals surface area contributed by atoms with Crippen molar-refractivity contribution in [2.24, 2.45) is 0 Å². The van der Waals surface area contributed by atoms with E-state index in [1.807, 2.05) is 12.1 Å². The van der Waals surface area contributed by atoms with Crippen LogP contribution in [0.4, 0.5) is 14.5 Å². The van der Waals surface area contributed by atoms with Crippen LogP contribution in [0.15, 0.2) is 40.9 Å². The molecule has 21 heavy (non-hydrogen) atoms. The van der Waals surface area contributed by atoms with E-state index in [1.165, 1.54) is 0 Å². The summed E-state index contributed by atoms with van der Waals surface area (Å²) >= 11 is 3.36. The maximum Gasteiger partial charge on any atom is 0.148 e. The lowest BCUT2D eigenvalue weighted by Crippen LogP contribution is -2.05. The van der Waals surface area contributed by atoms with Crippen molar-refractivity contribution < 1.29 is 13.5 Å². The Bertz CT molecular complexity index is 682. The summed E-state index contributed by atoms with van der Waals surface area (Å²) in [6.07, 6.45) is 5.17. The van der Waals surface area contributed by atoms with Gasteiger partial charge in [0.15, 0.2) is 0 Å². The molecule has 0 radical (unpaired) electrons.